The molecular formula is C28H33BrN6O4. The van der Waals surface area contributed by atoms with E-state index >= 15 is 0 Å². The lowest BCUT2D eigenvalue weighted by Crippen LogP contribution is -2.57. The van der Waals surface area contributed by atoms with Crippen molar-refractivity contribution in [2.45, 2.75) is 70.9 Å². The second-order valence-corrected chi connectivity index (χ2v) is 12.8. The third-order valence-corrected chi connectivity index (χ3v) is 9.67. The first-order valence-electron chi connectivity index (χ1n) is 13.5. The summed E-state index contributed by atoms with van der Waals surface area (Å²) in [6, 6.07) is 7.90. The van der Waals surface area contributed by atoms with Crippen LogP contribution in [-0.4, -0.2) is 37.5 Å². The quantitative estimate of drug-likeness (QED) is 0.261. The number of methoxy groups -OCH3 is 1. The molecule has 206 valence electrons. The number of nitrogens with zero attached hydrogens (tertiary/aromatic N) is 5. The first kappa shape index (κ1) is 26.0. The number of hydrogen-bond donors (Lipinski definition) is 1. The Labute approximate surface area is 235 Å². The highest BCUT2D eigenvalue weighted by Gasteiger charge is 2.60. The number of benzene rings is 1. The van der Waals surface area contributed by atoms with Gasteiger partial charge in [-0.3, -0.25) is 9.48 Å². The number of carbonyl (C=O) groups excluding carboxylic acids is 1. The van der Waals surface area contributed by atoms with E-state index < -0.39 is 4.92 Å². The van der Waals surface area contributed by atoms with Crippen LogP contribution in [0.15, 0.2) is 34.9 Å². The molecule has 4 saturated carbocycles. The van der Waals surface area contributed by atoms with Crippen molar-refractivity contribution in [2.24, 2.45) is 17.3 Å². The summed E-state index contributed by atoms with van der Waals surface area (Å²) in [5.74, 6) is 1.68. The van der Waals surface area contributed by atoms with E-state index in [1.54, 1.807) is 13.3 Å². The highest BCUT2D eigenvalue weighted by Crippen LogP contribution is 2.65. The van der Waals surface area contributed by atoms with Gasteiger partial charge in [-0.1, -0.05) is 12.1 Å². The van der Waals surface area contributed by atoms with Gasteiger partial charge in [0, 0.05) is 6.42 Å². The molecule has 3 aromatic rings. The van der Waals surface area contributed by atoms with Crippen molar-refractivity contribution in [1.82, 2.24) is 19.6 Å². The van der Waals surface area contributed by atoms with E-state index in [9.17, 15) is 14.9 Å². The summed E-state index contributed by atoms with van der Waals surface area (Å²) in [6.07, 6.45) is 8.17. The summed E-state index contributed by atoms with van der Waals surface area (Å²) in [5, 5.41) is 23.8. The summed E-state index contributed by atoms with van der Waals surface area (Å²) in [5.41, 5.74) is 3.16. The molecule has 2 unspecified atom stereocenters. The molecule has 0 aliphatic heterocycles. The molecule has 10 nitrogen and oxygen atoms in total. The number of amides is 1. The van der Waals surface area contributed by atoms with Crippen LogP contribution < -0.4 is 10.1 Å². The number of nitro groups is 1. The van der Waals surface area contributed by atoms with Gasteiger partial charge in [0.1, 0.15) is 10.2 Å². The molecule has 1 N–H and O–H groups in total. The van der Waals surface area contributed by atoms with Crippen molar-refractivity contribution in [3.05, 3.63) is 62.0 Å². The van der Waals surface area contributed by atoms with E-state index in [1.807, 2.05) is 47.5 Å². The SMILES string of the molecule is COc1cccc(Cn2nc(C)c(NC(=O)CC34CC5CC(C3)CC(n3cc(Br)c([N+](=O)[O-])n3)(C5)C4)c2C)c1. The largest absolute Gasteiger partial charge is 0.497 e. The van der Waals surface area contributed by atoms with Crippen LogP contribution in [0.3, 0.4) is 0 Å². The molecule has 0 spiro atoms. The molecule has 0 saturated heterocycles. The highest BCUT2D eigenvalue weighted by atomic mass is 79.9. The van der Waals surface area contributed by atoms with E-state index in [-0.39, 0.29) is 22.7 Å². The van der Waals surface area contributed by atoms with Crippen LogP contribution in [0, 0.1) is 41.2 Å². The summed E-state index contributed by atoms with van der Waals surface area (Å²) in [7, 11) is 1.65. The monoisotopic (exact) mass is 596 g/mol. The fourth-order valence-electron chi connectivity index (χ4n) is 8.09. The van der Waals surface area contributed by atoms with Crippen LogP contribution in [0.25, 0.3) is 0 Å². The fraction of sp³-hybridized carbons (Fsp3) is 0.536. The first-order valence-corrected chi connectivity index (χ1v) is 14.2. The minimum atomic E-state index is -0.441. The Balaban J connectivity index is 1.20. The van der Waals surface area contributed by atoms with Crippen LogP contribution in [-0.2, 0) is 16.9 Å². The van der Waals surface area contributed by atoms with Gasteiger partial charge < -0.3 is 20.2 Å². The number of anilines is 1. The van der Waals surface area contributed by atoms with Crippen molar-refractivity contribution < 1.29 is 14.5 Å². The molecule has 39 heavy (non-hydrogen) atoms. The minimum Gasteiger partial charge on any atom is -0.497 e. The third-order valence-electron chi connectivity index (χ3n) is 9.11. The molecule has 2 heterocycles. The molecule has 11 heteroatoms. The molecule has 2 atom stereocenters. The zero-order valence-electron chi connectivity index (χ0n) is 22.4. The van der Waals surface area contributed by atoms with Gasteiger partial charge in [0.2, 0.25) is 5.91 Å². The zero-order valence-corrected chi connectivity index (χ0v) is 24.0. The molecule has 1 aromatic carbocycles. The number of halogens is 1. The maximum atomic E-state index is 13.6. The van der Waals surface area contributed by atoms with Crippen molar-refractivity contribution in [1.29, 1.82) is 0 Å². The first-order chi connectivity index (χ1) is 18.6. The van der Waals surface area contributed by atoms with Crippen molar-refractivity contribution in [3.63, 3.8) is 0 Å². The average Bonchev–Trinajstić information content (AvgIpc) is 3.39. The van der Waals surface area contributed by atoms with Crippen LogP contribution in [0.5, 0.6) is 5.75 Å². The molecule has 4 fully saturated rings. The Bertz CT molecular complexity index is 1450. The zero-order chi connectivity index (χ0) is 27.5. The van der Waals surface area contributed by atoms with Crippen molar-refractivity contribution in [2.75, 3.05) is 12.4 Å². The lowest BCUT2D eigenvalue weighted by atomic mass is 9.46. The minimum absolute atomic E-state index is 0.00635. The van der Waals surface area contributed by atoms with Gasteiger partial charge in [-0.05, 0) is 108 Å². The Kier molecular flexibility index (Phi) is 6.32. The second kappa shape index (κ2) is 9.46. The predicted octanol–water partition coefficient (Wildman–Crippen LogP) is 5.75. The Morgan fingerprint density at radius 3 is 2.64 bits per heavy atom. The molecular weight excluding hydrogens is 564 g/mol. The Hall–Kier alpha value is -3.21. The molecule has 0 radical (unpaired) electrons. The standard InChI is InChI=1S/C28H33BrN6O4/c1-17-25(18(2)33(31-17)14-19-5-4-6-22(8-19)39-3)30-24(36)13-27-9-20-7-21(10-27)12-28(11-20,16-27)34-15-23(29)26(32-34)35(37)38/h4-6,8,15,20-21H,7,9-14,16H2,1-3H3,(H,30,36). The third kappa shape index (κ3) is 4.64. The van der Waals surface area contributed by atoms with Crippen molar-refractivity contribution in [3.8, 4) is 5.75 Å². The lowest BCUT2D eigenvalue weighted by molar-refractivity contribution is -0.390. The Morgan fingerprint density at radius 1 is 1.23 bits per heavy atom. The van der Waals surface area contributed by atoms with Crippen LogP contribution >= 0.6 is 15.9 Å². The van der Waals surface area contributed by atoms with Crippen molar-refractivity contribution >= 4 is 33.3 Å². The molecule has 4 bridgehead atoms. The van der Waals surface area contributed by atoms with Gasteiger partial charge in [0.25, 0.3) is 0 Å². The number of aryl methyl sites for hydroxylation is 1. The number of rotatable bonds is 8. The smallest absolute Gasteiger partial charge is 0.404 e. The fourth-order valence-corrected chi connectivity index (χ4v) is 8.51. The van der Waals surface area contributed by atoms with Gasteiger partial charge in [-0.2, -0.15) is 9.78 Å². The molecule has 7 rings (SSSR count). The maximum absolute atomic E-state index is 13.6. The predicted molar refractivity (Wildman–Crippen MR) is 149 cm³/mol. The van der Waals surface area contributed by atoms with Gasteiger partial charge in [-0.15, -0.1) is 0 Å². The van der Waals surface area contributed by atoms with E-state index in [0.717, 1.165) is 60.5 Å². The van der Waals surface area contributed by atoms with Crippen LogP contribution in [0.1, 0.15) is 61.9 Å². The normalized spacial score (nSPS) is 27.1. The van der Waals surface area contributed by atoms with Gasteiger partial charge in [-0.25, -0.2) is 0 Å². The summed E-state index contributed by atoms with van der Waals surface area (Å²) >= 11 is 3.33. The molecule has 4 aliphatic carbocycles. The van der Waals surface area contributed by atoms with Gasteiger partial charge in [0.15, 0.2) is 0 Å². The Morgan fingerprint density at radius 2 is 1.97 bits per heavy atom. The summed E-state index contributed by atoms with van der Waals surface area (Å²) < 4.78 is 9.52. The van der Waals surface area contributed by atoms with E-state index in [4.69, 9.17) is 9.84 Å². The number of hydrogen-bond acceptors (Lipinski definition) is 6. The second-order valence-electron chi connectivity index (χ2n) is 12.0. The van der Waals surface area contributed by atoms with E-state index in [1.165, 1.54) is 6.42 Å². The summed E-state index contributed by atoms with van der Waals surface area (Å²) in [6.45, 7) is 4.49. The lowest BCUT2D eigenvalue weighted by Gasteiger charge is -2.61. The van der Waals surface area contributed by atoms with Gasteiger partial charge in [0.05, 0.1) is 47.6 Å². The highest BCUT2D eigenvalue weighted by molar-refractivity contribution is 9.10. The summed E-state index contributed by atoms with van der Waals surface area (Å²) in [4.78, 5) is 24.6. The number of aromatic nitrogens is 4. The maximum Gasteiger partial charge on any atom is 0.404 e. The molecule has 4 aliphatic rings. The van der Waals surface area contributed by atoms with E-state index in [2.05, 4.69) is 26.3 Å². The molecule has 2 aromatic heterocycles. The number of carbonyl (C=O) groups is 1. The van der Waals surface area contributed by atoms with Gasteiger partial charge >= 0.3 is 5.82 Å². The topological polar surface area (TPSA) is 117 Å². The van der Waals surface area contributed by atoms with Crippen LogP contribution in [0.2, 0.25) is 0 Å². The average molecular weight is 598 g/mol. The number of nitrogens with one attached hydrogen (secondary N) is 1. The van der Waals surface area contributed by atoms with E-state index in [0.29, 0.717) is 29.3 Å². The number of ether oxygens (including phenoxy) is 1. The molecule has 1 amide bonds. The van der Waals surface area contributed by atoms with Crippen LogP contribution in [0.4, 0.5) is 11.5 Å².